The van der Waals surface area contributed by atoms with E-state index in [1.807, 2.05) is 19.1 Å². The molecular formula is C15H16N2O2. The average molecular weight is 256 g/mol. The molecule has 1 heterocycles. The van der Waals surface area contributed by atoms with Crippen LogP contribution < -0.4 is 5.56 Å². The summed E-state index contributed by atoms with van der Waals surface area (Å²) < 4.78 is 0. The van der Waals surface area contributed by atoms with Gasteiger partial charge in [0.25, 0.3) is 5.56 Å². The second kappa shape index (κ2) is 4.63. The van der Waals surface area contributed by atoms with Gasteiger partial charge in [-0.25, -0.2) is 4.98 Å². The first kappa shape index (κ1) is 12.1. The van der Waals surface area contributed by atoms with E-state index >= 15 is 0 Å². The molecule has 1 aliphatic rings. The van der Waals surface area contributed by atoms with Gasteiger partial charge in [0, 0.05) is 30.2 Å². The van der Waals surface area contributed by atoms with Crippen molar-refractivity contribution < 1.29 is 5.11 Å². The van der Waals surface area contributed by atoms with E-state index < -0.39 is 0 Å². The van der Waals surface area contributed by atoms with E-state index in [-0.39, 0.29) is 18.1 Å². The minimum absolute atomic E-state index is 0.0305. The van der Waals surface area contributed by atoms with Gasteiger partial charge in [0.05, 0.1) is 0 Å². The van der Waals surface area contributed by atoms with Gasteiger partial charge in [-0.3, -0.25) is 4.79 Å². The summed E-state index contributed by atoms with van der Waals surface area (Å²) in [6.45, 7) is 1.80. The number of benzene rings is 1. The van der Waals surface area contributed by atoms with Crippen LogP contribution in [-0.4, -0.2) is 21.7 Å². The van der Waals surface area contributed by atoms with E-state index in [0.29, 0.717) is 12.0 Å². The molecule has 0 fully saturated rings. The highest BCUT2D eigenvalue weighted by atomic mass is 16.3. The van der Waals surface area contributed by atoms with Crippen LogP contribution in [0.3, 0.4) is 0 Å². The highest BCUT2D eigenvalue weighted by Gasteiger charge is 2.29. The molecule has 1 atom stereocenters. The lowest BCUT2D eigenvalue weighted by Gasteiger charge is -2.29. The van der Waals surface area contributed by atoms with Gasteiger partial charge in [-0.1, -0.05) is 24.3 Å². The lowest BCUT2D eigenvalue weighted by Crippen LogP contribution is -2.26. The quantitative estimate of drug-likeness (QED) is 0.870. The number of hydrogen-bond donors (Lipinski definition) is 2. The minimum Gasteiger partial charge on any atom is -0.396 e. The number of aromatic amines is 1. The third-order valence-electron chi connectivity index (χ3n) is 3.79. The molecule has 0 saturated heterocycles. The number of rotatable bonds is 3. The number of aryl methyl sites for hydroxylation is 1. The molecule has 1 aromatic carbocycles. The summed E-state index contributed by atoms with van der Waals surface area (Å²) in [4.78, 5) is 19.4. The Labute approximate surface area is 111 Å². The Morgan fingerprint density at radius 1 is 1.42 bits per heavy atom. The van der Waals surface area contributed by atoms with Crippen LogP contribution in [0, 0.1) is 6.92 Å². The molecule has 0 amide bonds. The Morgan fingerprint density at radius 3 is 2.89 bits per heavy atom. The number of nitrogens with zero attached hydrogens (tertiary/aromatic N) is 1. The Bertz CT molecular complexity index is 676. The fourth-order valence-electron chi connectivity index (χ4n) is 2.71. The van der Waals surface area contributed by atoms with E-state index in [1.165, 1.54) is 11.1 Å². The topological polar surface area (TPSA) is 66.0 Å². The third-order valence-corrected chi connectivity index (χ3v) is 3.79. The van der Waals surface area contributed by atoms with Gasteiger partial charge >= 0.3 is 0 Å². The van der Waals surface area contributed by atoms with Gasteiger partial charge in [0.1, 0.15) is 5.82 Å². The lowest BCUT2D eigenvalue weighted by atomic mass is 9.77. The molecule has 0 bridgehead atoms. The number of aliphatic hydroxyl groups excluding tert-OH is 1. The fraction of sp³-hybridized carbons (Fsp3) is 0.333. The number of fused-ring (bicyclic) bond motifs is 1. The van der Waals surface area contributed by atoms with Crippen LogP contribution in [0.15, 0.2) is 29.1 Å². The Balaban J connectivity index is 1.99. The van der Waals surface area contributed by atoms with E-state index in [4.69, 9.17) is 5.11 Å². The van der Waals surface area contributed by atoms with Crippen LogP contribution >= 0.6 is 0 Å². The number of aliphatic hydroxyl groups is 1. The van der Waals surface area contributed by atoms with E-state index in [1.54, 1.807) is 0 Å². The third kappa shape index (κ3) is 1.98. The first-order valence-corrected chi connectivity index (χ1v) is 6.49. The molecule has 19 heavy (non-hydrogen) atoms. The van der Waals surface area contributed by atoms with Crippen LogP contribution in [0.2, 0.25) is 0 Å². The summed E-state index contributed by atoms with van der Waals surface area (Å²) in [5.41, 5.74) is 3.75. The monoisotopic (exact) mass is 256 g/mol. The van der Waals surface area contributed by atoms with Crippen molar-refractivity contribution in [3.8, 4) is 0 Å². The van der Waals surface area contributed by atoms with Crippen molar-refractivity contribution in [2.75, 3.05) is 6.61 Å². The van der Waals surface area contributed by atoms with Crippen molar-refractivity contribution in [3.63, 3.8) is 0 Å². The second-order valence-electron chi connectivity index (χ2n) is 4.94. The Kier molecular flexibility index (Phi) is 2.95. The maximum Gasteiger partial charge on any atom is 0.254 e. The molecule has 98 valence electrons. The van der Waals surface area contributed by atoms with Gasteiger partial charge in [0.15, 0.2) is 0 Å². The van der Waals surface area contributed by atoms with Crippen LogP contribution in [-0.2, 0) is 12.8 Å². The average Bonchev–Trinajstić information content (AvgIpc) is 2.35. The number of hydrogen-bond acceptors (Lipinski definition) is 3. The number of aromatic nitrogens is 2. The molecule has 0 aliphatic heterocycles. The molecule has 4 nitrogen and oxygen atoms in total. The van der Waals surface area contributed by atoms with Crippen LogP contribution in [0.1, 0.15) is 34.1 Å². The van der Waals surface area contributed by atoms with E-state index in [9.17, 15) is 4.79 Å². The van der Waals surface area contributed by atoms with Gasteiger partial charge in [-0.2, -0.15) is 0 Å². The minimum atomic E-state index is -0.124. The molecule has 1 aromatic heterocycles. The van der Waals surface area contributed by atoms with Crippen molar-refractivity contribution in [2.45, 2.75) is 25.7 Å². The molecule has 2 N–H and O–H groups in total. The van der Waals surface area contributed by atoms with Crippen LogP contribution in [0.5, 0.6) is 0 Å². The maximum absolute atomic E-state index is 12.0. The summed E-state index contributed by atoms with van der Waals surface area (Å²) in [6.07, 6.45) is 1.29. The van der Waals surface area contributed by atoms with Gasteiger partial charge < -0.3 is 10.1 Å². The standard InChI is InChI=1S/C15H16N2O2/c1-9-11(6-7-18)15(19)17-14(16-9)13-8-10-4-2-3-5-12(10)13/h2-5,13,18H,6-8H2,1H3,(H,16,17,19). The predicted molar refractivity (Wildman–Crippen MR) is 72.4 cm³/mol. The summed E-state index contributed by atoms with van der Waals surface area (Å²) >= 11 is 0. The SMILES string of the molecule is Cc1nc(C2Cc3ccccc32)[nH]c(=O)c1CCO. The van der Waals surface area contributed by atoms with Crippen LogP contribution in [0.4, 0.5) is 0 Å². The van der Waals surface area contributed by atoms with E-state index in [2.05, 4.69) is 22.1 Å². The molecule has 0 radical (unpaired) electrons. The molecular weight excluding hydrogens is 240 g/mol. The summed E-state index contributed by atoms with van der Waals surface area (Å²) in [7, 11) is 0. The summed E-state index contributed by atoms with van der Waals surface area (Å²) in [5, 5.41) is 8.95. The second-order valence-corrected chi connectivity index (χ2v) is 4.94. The normalized spacial score (nSPS) is 16.8. The number of nitrogens with one attached hydrogen (secondary N) is 1. The van der Waals surface area contributed by atoms with Gasteiger partial charge in [-0.05, 0) is 24.5 Å². The molecule has 4 heteroatoms. The first-order valence-electron chi connectivity index (χ1n) is 6.49. The smallest absolute Gasteiger partial charge is 0.254 e. The largest absolute Gasteiger partial charge is 0.396 e. The molecule has 3 rings (SSSR count). The van der Waals surface area contributed by atoms with Crippen molar-refractivity contribution in [1.29, 1.82) is 0 Å². The van der Waals surface area contributed by atoms with Crippen LogP contribution in [0.25, 0.3) is 0 Å². The van der Waals surface area contributed by atoms with Crippen molar-refractivity contribution in [2.24, 2.45) is 0 Å². The molecule has 1 aliphatic carbocycles. The summed E-state index contributed by atoms with van der Waals surface area (Å²) in [5.74, 6) is 0.939. The predicted octanol–water partition coefficient (Wildman–Crippen LogP) is 1.30. The van der Waals surface area contributed by atoms with Crippen molar-refractivity contribution in [1.82, 2.24) is 9.97 Å². The van der Waals surface area contributed by atoms with Gasteiger partial charge in [0.2, 0.25) is 0 Å². The molecule has 0 saturated carbocycles. The molecule has 1 unspecified atom stereocenters. The van der Waals surface area contributed by atoms with Crippen molar-refractivity contribution in [3.05, 3.63) is 62.8 Å². The van der Waals surface area contributed by atoms with E-state index in [0.717, 1.165) is 17.9 Å². The Morgan fingerprint density at radius 2 is 2.21 bits per heavy atom. The van der Waals surface area contributed by atoms with Crippen molar-refractivity contribution >= 4 is 0 Å². The zero-order valence-corrected chi connectivity index (χ0v) is 10.8. The highest BCUT2D eigenvalue weighted by molar-refractivity contribution is 5.44. The Hall–Kier alpha value is -1.94. The summed E-state index contributed by atoms with van der Waals surface area (Å²) in [6, 6.07) is 8.23. The lowest BCUT2D eigenvalue weighted by molar-refractivity contribution is 0.298. The highest BCUT2D eigenvalue weighted by Crippen LogP contribution is 2.37. The molecule has 2 aromatic rings. The molecule has 0 spiro atoms. The maximum atomic E-state index is 12.0. The first-order chi connectivity index (χ1) is 9.20. The zero-order valence-electron chi connectivity index (χ0n) is 10.8. The van der Waals surface area contributed by atoms with Gasteiger partial charge in [-0.15, -0.1) is 0 Å². The number of H-pyrrole nitrogens is 1. The fourth-order valence-corrected chi connectivity index (χ4v) is 2.71. The zero-order chi connectivity index (χ0) is 13.4.